The second-order valence-electron chi connectivity index (χ2n) is 4.86. The number of nitrogens with one attached hydrogen (secondary N) is 1. The van der Waals surface area contributed by atoms with Crippen LogP contribution in [0, 0.1) is 12.8 Å². The number of aryl methyl sites for hydroxylation is 1. The van der Waals surface area contributed by atoms with Crippen LogP contribution in [0.2, 0.25) is 0 Å². The summed E-state index contributed by atoms with van der Waals surface area (Å²) in [6.07, 6.45) is 0.818. The largest absolute Gasteiger partial charge is 0.477 e. The summed E-state index contributed by atoms with van der Waals surface area (Å²) in [5, 5.41) is 10.6. The van der Waals surface area contributed by atoms with E-state index in [9.17, 15) is 13.2 Å². The molecule has 112 valence electrons. The van der Waals surface area contributed by atoms with Gasteiger partial charge in [0, 0.05) is 19.1 Å². The van der Waals surface area contributed by atoms with Crippen molar-refractivity contribution in [2.75, 3.05) is 13.2 Å². The first-order valence-electron chi connectivity index (χ1n) is 6.25. The van der Waals surface area contributed by atoms with Gasteiger partial charge in [-0.3, -0.25) is 0 Å². The van der Waals surface area contributed by atoms with E-state index in [1.807, 2.05) is 6.92 Å². The number of thiophene rings is 1. The van der Waals surface area contributed by atoms with Crippen molar-refractivity contribution in [3.63, 3.8) is 0 Å². The molecule has 0 saturated carbocycles. The van der Waals surface area contributed by atoms with Crippen LogP contribution in [-0.4, -0.2) is 38.7 Å². The van der Waals surface area contributed by atoms with E-state index in [0.717, 1.165) is 17.8 Å². The maximum absolute atomic E-state index is 12.3. The normalized spacial score (nSPS) is 23.1. The predicted octanol–water partition coefficient (Wildman–Crippen LogP) is 1.46. The zero-order chi connectivity index (χ0) is 14.9. The first kappa shape index (κ1) is 15.4. The fraction of sp³-hybridized carbons (Fsp3) is 0.583. The van der Waals surface area contributed by atoms with Gasteiger partial charge in [-0.15, -0.1) is 11.3 Å². The lowest BCUT2D eigenvalue weighted by Gasteiger charge is -2.15. The Morgan fingerprint density at radius 3 is 2.85 bits per heavy atom. The number of ether oxygens (including phenoxy) is 1. The summed E-state index contributed by atoms with van der Waals surface area (Å²) >= 11 is 0.926. The van der Waals surface area contributed by atoms with Gasteiger partial charge >= 0.3 is 5.97 Å². The van der Waals surface area contributed by atoms with Crippen LogP contribution in [0.15, 0.2) is 10.3 Å². The molecule has 0 amide bonds. The zero-order valence-corrected chi connectivity index (χ0v) is 12.9. The van der Waals surface area contributed by atoms with Crippen LogP contribution in [-0.2, 0) is 14.8 Å². The van der Waals surface area contributed by atoms with Gasteiger partial charge in [-0.1, -0.05) is 0 Å². The second kappa shape index (κ2) is 5.80. The van der Waals surface area contributed by atoms with Crippen molar-refractivity contribution in [1.82, 2.24) is 4.72 Å². The van der Waals surface area contributed by atoms with E-state index >= 15 is 0 Å². The molecule has 0 aromatic carbocycles. The first-order valence-corrected chi connectivity index (χ1v) is 8.62. The Kier molecular flexibility index (Phi) is 4.48. The van der Waals surface area contributed by atoms with Crippen molar-refractivity contribution in [2.24, 2.45) is 5.92 Å². The third-order valence-corrected chi connectivity index (χ3v) is 6.28. The minimum absolute atomic E-state index is 0.0141. The molecule has 0 radical (unpaired) electrons. The van der Waals surface area contributed by atoms with Gasteiger partial charge in [-0.05, 0) is 31.2 Å². The van der Waals surface area contributed by atoms with Gasteiger partial charge in [0.05, 0.1) is 6.10 Å². The zero-order valence-electron chi connectivity index (χ0n) is 11.3. The van der Waals surface area contributed by atoms with Gasteiger partial charge in [-0.2, -0.15) is 0 Å². The predicted molar refractivity (Wildman–Crippen MR) is 74.7 cm³/mol. The van der Waals surface area contributed by atoms with Gasteiger partial charge in [-0.25, -0.2) is 17.9 Å². The molecule has 2 heterocycles. The van der Waals surface area contributed by atoms with Gasteiger partial charge in [0.25, 0.3) is 0 Å². The number of carboxylic acids is 1. The van der Waals surface area contributed by atoms with E-state index < -0.39 is 16.0 Å². The molecule has 0 bridgehead atoms. The molecule has 2 rings (SSSR count). The number of hydrogen-bond donors (Lipinski definition) is 2. The highest BCUT2D eigenvalue weighted by Crippen LogP contribution is 2.27. The van der Waals surface area contributed by atoms with E-state index in [-0.39, 0.29) is 28.3 Å². The molecule has 1 aromatic rings. The van der Waals surface area contributed by atoms with Gasteiger partial charge in [0.15, 0.2) is 0 Å². The summed E-state index contributed by atoms with van der Waals surface area (Å²) in [6.45, 7) is 4.40. The Hall–Kier alpha value is -0.960. The van der Waals surface area contributed by atoms with Crippen molar-refractivity contribution < 1.29 is 23.1 Å². The maximum atomic E-state index is 12.3. The second-order valence-corrected chi connectivity index (χ2v) is 7.44. The van der Waals surface area contributed by atoms with Crippen LogP contribution in [0.25, 0.3) is 0 Å². The van der Waals surface area contributed by atoms with Crippen molar-refractivity contribution in [2.45, 2.75) is 31.3 Å². The molecule has 1 aliphatic rings. The quantitative estimate of drug-likeness (QED) is 0.857. The molecular weight excluding hydrogens is 302 g/mol. The third kappa shape index (κ3) is 3.03. The number of aromatic carboxylic acids is 1. The molecule has 2 unspecified atom stereocenters. The summed E-state index contributed by atoms with van der Waals surface area (Å²) in [5.41, 5.74) is 0.454. The Morgan fingerprint density at radius 1 is 1.60 bits per heavy atom. The van der Waals surface area contributed by atoms with Crippen LogP contribution in [0.1, 0.15) is 28.6 Å². The molecular formula is C12H17NO5S2. The van der Waals surface area contributed by atoms with E-state index in [1.165, 1.54) is 0 Å². The Balaban J connectivity index is 2.18. The summed E-state index contributed by atoms with van der Waals surface area (Å²) in [4.78, 5) is 10.8. The van der Waals surface area contributed by atoms with Crippen LogP contribution in [0.5, 0.6) is 0 Å². The van der Waals surface area contributed by atoms with Crippen LogP contribution < -0.4 is 4.72 Å². The third-order valence-electron chi connectivity index (χ3n) is 3.45. The smallest absolute Gasteiger partial charge is 0.347 e. The highest BCUT2D eigenvalue weighted by atomic mass is 32.2. The van der Waals surface area contributed by atoms with E-state index in [1.54, 1.807) is 12.3 Å². The molecule has 2 atom stereocenters. The van der Waals surface area contributed by atoms with E-state index in [4.69, 9.17) is 9.84 Å². The summed E-state index contributed by atoms with van der Waals surface area (Å²) < 4.78 is 32.5. The summed E-state index contributed by atoms with van der Waals surface area (Å²) in [6, 6.07) is 0. The van der Waals surface area contributed by atoms with Crippen molar-refractivity contribution in [1.29, 1.82) is 0 Å². The molecule has 8 heteroatoms. The van der Waals surface area contributed by atoms with Crippen LogP contribution in [0.3, 0.4) is 0 Å². The van der Waals surface area contributed by atoms with Crippen molar-refractivity contribution in [3.05, 3.63) is 15.8 Å². The molecule has 1 saturated heterocycles. The van der Waals surface area contributed by atoms with Crippen LogP contribution in [0.4, 0.5) is 0 Å². The summed E-state index contributed by atoms with van der Waals surface area (Å²) in [5.74, 6) is -1.10. The van der Waals surface area contributed by atoms with E-state index in [2.05, 4.69) is 4.72 Å². The number of hydrogen-bond acceptors (Lipinski definition) is 5. The summed E-state index contributed by atoms with van der Waals surface area (Å²) in [7, 11) is -3.81. The highest BCUT2D eigenvalue weighted by Gasteiger charge is 2.30. The molecule has 2 N–H and O–H groups in total. The van der Waals surface area contributed by atoms with Crippen molar-refractivity contribution in [3.8, 4) is 0 Å². The monoisotopic (exact) mass is 319 g/mol. The number of carboxylic acid groups (broad SMARTS) is 1. The van der Waals surface area contributed by atoms with Crippen LogP contribution >= 0.6 is 11.3 Å². The topological polar surface area (TPSA) is 92.7 Å². The Bertz CT molecular complexity index is 607. The fourth-order valence-electron chi connectivity index (χ4n) is 2.25. The minimum atomic E-state index is -3.81. The lowest BCUT2D eigenvalue weighted by molar-refractivity contribution is 0.0698. The molecule has 1 fully saturated rings. The minimum Gasteiger partial charge on any atom is -0.477 e. The number of carbonyl (C=O) groups is 1. The highest BCUT2D eigenvalue weighted by molar-refractivity contribution is 7.89. The van der Waals surface area contributed by atoms with E-state index in [0.29, 0.717) is 12.2 Å². The molecule has 6 nitrogen and oxygen atoms in total. The van der Waals surface area contributed by atoms with Gasteiger partial charge < -0.3 is 9.84 Å². The fourth-order valence-corrected chi connectivity index (χ4v) is 4.97. The molecule has 20 heavy (non-hydrogen) atoms. The Morgan fingerprint density at radius 2 is 2.30 bits per heavy atom. The average molecular weight is 319 g/mol. The molecule has 1 aliphatic heterocycles. The average Bonchev–Trinajstić information content (AvgIpc) is 2.93. The van der Waals surface area contributed by atoms with Crippen molar-refractivity contribution >= 4 is 27.3 Å². The number of rotatable bonds is 5. The molecule has 0 aliphatic carbocycles. The lowest BCUT2D eigenvalue weighted by Crippen LogP contribution is -2.32. The lowest BCUT2D eigenvalue weighted by atomic mass is 10.0. The standard InChI is InChI=1S/C12H17NO5S2/c1-7-6-19-10(12(14)15)11(7)20(16,17)13-5-9-3-4-18-8(9)2/h6,8-9,13H,3-5H2,1-2H3,(H,14,15). The number of sulfonamides is 1. The first-order chi connectivity index (χ1) is 9.33. The maximum Gasteiger partial charge on any atom is 0.347 e. The van der Waals surface area contributed by atoms with Gasteiger partial charge in [0.2, 0.25) is 10.0 Å². The Labute approximate surface area is 121 Å². The van der Waals surface area contributed by atoms with Gasteiger partial charge in [0.1, 0.15) is 9.77 Å². The SMILES string of the molecule is Cc1csc(C(=O)O)c1S(=O)(=O)NCC1CCOC1C. The molecule has 0 spiro atoms. The molecule has 1 aromatic heterocycles.